The zero-order valence-electron chi connectivity index (χ0n) is 32.9. The van der Waals surface area contributed by atoms with E-state index < -0.39 is 49.7 Å². The number of aromatic nitrogens is 2. The number of unbranched alkanes of at least 4 members (excludes halogenated alkanes) is 1. The quantitative estimate of drug-likeness (QED) is 0.0513. The van der Waals surface area contributed by atoms with Crippen LogP contribution < -0.4 is 20.7 Å². The number of nitrogens with zero attached hydrogens (tertiary/aromatic N) is 1. The van der Waals surface area contributed by atoms with Gasteiger partial charge in [0.15, 0.2) is 14.5 Å². The smallest absolute Gasteiger partial charge is 0.330 e. The minimum Gasteiger partial charge on any atom is -0.497 e. The van der Waals surface area contributed by atoms with E-state index in [1.165, 1.54) is 16.8 Å². The Hall–Kier alpha value is -4.48. The van der Waals surface area contributed by atoms with Crippen LogP contribution in [0.25, 0.3) is 0 Å². The molecule has 11 nitrogen and oxygen atoms in total. The average molecular weight is 771 g/mol. The standard InChI is InChI=1S/C43H54N2O9Si/c1-9-27-50-28-13-14-29-51-38-36(53-40(45-26-25-37(46)44-41(45)47)39(38)54-55(7,8)42(2,3)4)30-52-43(31-15-11-10-12-16-31,32-17-21-34(48-5)22-18-32)33-19-23-35(49-6)24-20-33/h1,10-12,15-26,36,38-40H,13-14,27-30H2,2-8H3,(H,44,46,47). The minimum atomic E-state index is -2.50. The van der Waals surface area contributed by atoms with Crippen molar-refractivity contribution in [3.05, 3.63) is 129 Å². The Balaban J connectivity index is 1.61. The number of terminal acetylenes is 1. The van der Waals surface area contributed by atoms with Crippen LogP contribution in [0.15, 0.2) is 101 Å². The Bertz CT molecular complexity index is 1920. The number of H-pyrrole nitrogens is 1. The summed E-state index contributed by atoms with van der Waals surface area (Å²) in [7, 11) is 0.765. The first kappa shape index (κ1) is 41.7. The molecule has 294 valence electrons. The van der Waals surface area contributed by atoms with Crippen molar-refractivity contribution in [3.63, 3.8) is 0 Å². The number of ether oxygens (including phenoxy) is 6. The molecule has 5 rings (SSSR count). The van der Waals surface area contributed by atoms with Gasteiger partial charge in [0.25, 0.3) is 5.56 Å². The summed E-state index contributed by atoms with van der Waals surface area (Å²) in [5.41, 5.74) is 0.347. The normalized spacial score (nSPS) is 18.9. The molecule has 2 heterocycles. The van der Waals surface area contributed by atoms with Crippen molar-refractivity contribution in [1.29, 1.82) is 0 Å². The van der Waals surface area contributed by atoms with Crippen molar-refractivity contribution < 1.29 is 32.8 Å². The van der Waals surface area contributed by atoms with Gasteiger partial charge in [-0.2, -0.15) is 0 Å². The summed E-state index contributed by atoms with van der Waals surface area (Å²) in [6.07, 6.45) is 5.20. The molecule has 1 aromatic heterocycles. The molecule has 4 atom stereocenters. The van der Waals surface area contributed by atoms with E-state index in [0.29, 0.717) is 31.1 Å². The third-order valence-electron chi connectivity index (χ3n) is 10.5. The molecule has 4 aromatic rings. The van der Waals surface area contributed by atoms with E-state index in [1.807, 2.05) is 78.9 Å². The third-order valence-corrected chi connectivity index (χ3v) is 14.9. The highest BCUT2D eigenvalue weighted by molar-refractivity contribution is 6.74. The highest BCUT2D eigenvalue weighted by Crippen LogP contribution is 2.45. The van der Waals surface area contributed by atoms with Crippen LogP contribution in [0.2, 0.25) is 18.1 Å². The summed E-state index contributed by atoms with van der Waals surface area (Å²) in [5, 5.41) is -0.174. The summed E-state index contributed by atoms with van der Waals surface area (Å²) < 4.78 is 45.9. The number of aromatic amines is 1. The van der Waals surface area contributed by atoms with E-state index in [4.69, 9.17) is 39.3 Å². The monoisotopic (exact) mass is 770 g/mol. The molecule has 0 saturated carbocycles. The molecule has 3 aromatic carbocycles. The molecule has 0 bridgehead atoms. The van der Waals surface area contributed by atoms with Crippen LogP contribution in [-0.2, 0) is 29.0 Å². The van der Waals surface area contributed by atoms with Crippen LogP contribution in [0.4, 0.5) is 0 Å². The first-order valence-corrected chi connectivity index (χ1v) is 21.5. The maximum atomic E-state index is 13.4. The van der Waals surface area contributed by atoms with Gasteiger partial charge in [0, 0.05) is 25.5 Å². The van der Waals surface area contributed by atoms with Crippen molar-refractivity contribution in [2.24, 2.45) is 0 Å². The second-order valence-electron chi connectivity index (χ2n) is 15.0. The third kappa shape index (κ3) is 9.67. The van der Waals surface area contributed by atoms with Crippen molar-refractivity contribution in [2.75, 3.05) is 40.6 Å². The van der Waals surface area contributed by atoms with E-state index >= 15 is 0 Å². The zero-order valence-corrected chi connectivity index (χ0v) is 33.9. The fraction of sp³-hybridized carbons (Fsp3) is 0.442. The van der Waals surface area contributed by atoms with Crippen molar-refractivity contribution in [3.8, 4) is 23.8 Å². The summed E-state index contributed by atoms with van der Waals surface area (Å²) in [6.45, 7) is 11.9. The highest BCUT2D eigenvalue weighted by atomic mass is 28.4. The summed E-state index contributed by atoms with van der Waals surface area (Å²) >= 11 is 0. The van der Waals surface area contributed by atoms with E-state index in [1.54, 1.807) is 14.2 Å². The molecule has 0 aliphatic carbocycles. The fourth-order valence-electron chi connectivity index (χ4n) is 6.48. The fourth-order valence-corrected chi connectivity index (χ4v) is 7.76. The Morgan fingerprint density at radius 3 is 1.95 bits per heavy atom. The number of hydrogen-bond acceptors (Lipinski definition) is 9. The predicted octanol–water partition coefficient (Wildman–Crippen LogP) is 6.67. The summed E-state index contributed by atoms with van der Waals surface area (Å²) in [4.78, 5) is 27.9. The zero-order chi connectivity index (χ0) is 39.6. The lowest BCUT2D eigenvalue weighted by Crippen LogP contribution is -2.50. The molecule has 55 heavy (non-hydrogen) atoms. The molecule has 0 radical (unpaired) electrons. The molecule has 0 spiro atoms. The maximum Gasteiger partial charge on any atom is 0.330 e. The van der Waals surface area contributed by atoms with Gasteiger partial charge in [-0.05, 0) is 71.9 Å². The molecular formula is C43H54N2O9Si. The Labute approximate surface area is 325 Å². The van der Waals surface area contributed by atoms with Crippen LogP contribution in [-0.4, -0.2) is 76.8 Å². The van der Waals surface area contributed by atoms with E-state index in [-0.39, 0.29) is 18.3 Å². The van der Waals surface area contributed by atoms with Gasteiger partial charge >= 0.3 is 5.69 Å². The molecule has 1 aliphatic rings. The van der Waals surface area contributed by atoms with E-state index in [0.717, 1.165) is 23.1 Å². The molecule has 12 heteroatoms. The van der Waals surface area contributed by atoms with Crippen molar-refractivity contribution in [1.82, 2.24) is 9.55 Å². The lowest BCUT2D eigenvalue weighted by Gasteiger charge is -2.41. The predicted molar refractivity (Wildman–Crippen MR) is 214 cm³/mol. The number of rotatable bonds is 18. The topological polar surface area (TPSA) is 119 Å². The number of benzene rings is 3. The number of methoxy groups -OCH3 is 2. The average Bonchev–Trinajstić information content (AvgIpc) is 3.50. The highest BCUT2D eigenvalue weighted by Gasteiger charge is 2.53. The maximum absolute atomic E-state index is 13.4. The largest absolute Gasteiger partial charge is 0.497 e. The Morgan fingerprint density at radius 2 is 1.40 bits per heavy atom. The van der Waals surface area contributed by atoms with Crippen LogP contribution >= 0.6 is 0 Å². The lowest BCUT2D eigenvalue weighted by atomic mass is 9.80. The Morgan fingerprint density at radius 1 is 0.818 bits per heavy atom. The number of hydrogen-bond donors (Lipinski definition) is 1. The van der Waals surface area contributed by atoms with Crippen molar-refractivity contribution >= 4 is 8.32 Å². The first-order chi connectivity index (χ1) is 26.3. The van der Waals surface area contributed by atoms with Crippen LogP contribution in [0.3, 0.4) is 0 Å². The van der Waals surface area contributed by atoms with Gasteiger partial charge in [-0.1, -0.05) is 81.3 Å². The van der Waals surface area contributed by atoms with Crippen LogP contribution in [0.1, 0.15) is 56.5 Å². The molecule has 1 N–H and O–H groups in total. The summed E-state index contributed by atoms with van der Waals surface area (Å²) in [5.74, 6) is 3.90. The van der Waals surface area contributed by atoms with Gasteiger partial charge in [-0.15, -0.1) is 6.42 Å². The molecule has 1 aliphatic heterocycles. The molecule has 4 unspecified atom stereocenters. The molecule has 0 amide bonds. The van der Waals surface area contributed by atoms with Crippen LogP contribution in [0, 0.1) is 12.3 Å². The van der Waals surface area contributed by atoms with Gasteiger partial charge in [-0.3, -0.25) is 14.3 Å². The molecule has 1 fully saturated rings. The van der Waals surface area contributed by atoms with Gasteiger partial charge in [0.05, 0.1) is 20.8 Å². The van der Waals surface area contributed by atoms with E-state index in [2.05, 4.69) is 44.8 Å². The van der Waals surface area contributed by atoms with E-state index in [9.17, 15) is 9.59 Å². The Kier molecular flexibility index (Phi) is 14.0. The lowest BCUT2D eigenvalue weighted by molar-refractivity contribution is -0.104. The summed E-state index contributed by atoms with van der Waals surface area (Å²) in [6, 6.07) is 26.9. The van der Waals surface area contributed by atoms with Crippen molar-refractivity contribution in [2.45, 2.75) is 81.9 Å². The van der Waals surface area contributed by atoms with Gasteiger partial charge < -0.3 is 32.8 Å². The first-order valence-electron chi connectivity index (χ1n) is 18.6. The van der Waals surface area contributed by atoms with Gasteiger partial charge in [-0.25, -0.2) is 4.79 Å². The van der Waals surface area contributed by atoms with Crippen LogP contribution in [0.5, 0.6) is 11.5 Å². The number of nitrogens with one attached hydrogen (secondary N) is 1. The van der Waals surface area contributed by atoms with Gasteiger partial charge in [0.2, 0.25) is 0 Å². The van der Waals surface area contributed by atoms with Gasteiger partial charge in [0.1, 0.15) is 42.0 Å². The second kappa shape index (κ2) is 18.4. The second-order valence-corrected chi connectivity index (χ2v) is 19.8. The minimum absolute atomic E-state index is 0.0366. The molecule has 1 saturated heterocycles. The molecular weight excluding hydrogens is 717 g/mol. The SMILES string of the molecule is C#CCOCCCCOC1C(COC(c2ccccc2)(c2ccc(OC)cc2)c2ccc(OC)cc2)OC(n2ccc(=O)[nH]c2=O)C1O[Si](C)(C)C(C)(C)C.